The van der Waals surface area contributed by atoms with Crippen LogP contribution in [0.1, 0.15) is 18.4 Å². The zero-order valence-electron chi connectivity index (χ0n) is 8.67. The molecule has 1 aromatic carbocycles. The Kier molecular flexibility index (Phi) is 3.06. The third-order valence-corrected chi connectivity index (χ3v) is 3.07. The van der Waals surface area contributed by atoms with E-state index in [1.54, 1.807) is 6.26 Å². The summed E-state index contributed by atoms with van der Waals surface area (Å²) in [6.07, 6.45) is -0.357. The molecule has 1 aliphatic carbocycles. The van der Waals surface area contributed by atoms with E-state index in [2.05, 4.69) is 0 Å². The molecule has 0 bridgehead atoms. The summed E-state index contributed by atoms with van der Waals surface area (Å²) < 4.78 is 42.9. The summed E-state index contributed by atoms with van der Waals surface area (Å²) in [6, 6.07) is 3.62. The Balaban J connectivity index is 2.26. The topological polar surface area (TPSA) is 9.23 Å². The van der Waals surface area contributed by atoms with Crippen LogP contribution in [0, 0.1) is 0 Å². The van der Waals surface area contributed by atoms with E-state index < -0.39 is 11.7 Å². The number of alkyl halides is 3. The molecule has 2 rings (SSSR count). The van der Waals surface area contributed by atoms with Gasteiger partial charge in [0.1, 0.15) is 5.75 Å². The lowest BCUT2D eigenvalue weighted by atomic mass is 10.2. The highest BCUT2D eigenvalue weighted by Gasteiger charge is 2.32. The number of benzene rings is 1. The lowest BCUT2D eigenvalue weighted by molar-refractivity contribution is -0.137. The van der Waals surface area contributed by atoms with Gasteiger partial charge in [-0.3, -0.25) is 0 Å². The van der Waals surface area contributed by atoms with Gasteiger partial charge in [-0.05, 0) is 37.3 Å². The fraction of sp³-hybridized carbons (Fsp3) is 0.455. The highest BCUT2D eigenvalue weighted by molar-refractivity contribution is 7.98. The standard InChI is InChI=1S/C11H11F3OS/c1-16-10-6-7(11(12,13)14)2-5-9(10)15-8-3-4-8/h2,5-6,8H,3-4H2,1H3. The maximum Gasteiger partial charge on any atom is 0.416 e. The van der Waals surface area contributed by atoms with Gasteiger partial charge in [0.05, 0.1) is 11.7 Å². The molecule has 0 heterocycles. The van der Waals surface area contributed by atoms with Gasteiger partial charge in [0.15, 0.2) is 0 Å². The van der Waals surface area contributed by atoms with Crippen molar-refractivity contribution in [2.24, 2.45) is 0 Å². The minimum absolute atomic E-state index is 0.197. The number of ether oxygens (including phenoxy) is 1. The van der Waals surface area contributed by atoms with Crippen molar-refractivity contribution in [3.05, 3.63) is 23.8 Å². The molecule has 0 amide bonds. The summed E-state index contributed by atoms with van der Waals surface area (Å²) >= 11 is 1.27. The van der Waals surface area contributed by atoms with E-state index in [4.69, 9.17) is 4.74 Å². The Morgan fingerprint density at radius 3 is 2.50 bits per heavy atom. The van der Waals surface area contributed by atoms with Crippen LogP contribution in [0.3, 0.4) is 0 Å². The van der Waals surface area contributed by atoms with Gasteiger partial charge < -0.3 is 4.74 Å². The van der Waals surface area contributed by atoms with Crippen LogP contribution in [-0.2, 0) is 6.18 Å². The van der Waals surface area contributed by atoms with Crippen LogP contribution < -0.4 is 4.74 Å². The smallest absolute Gasteiger partial charge is 0.416 e. The molecule has 1 saturated carbocycles. The molecule has 0 aliphatic heterocycles. The van der Waals surface area contributed by atoms with E-state index in [1.807, 2.05) is 0 Å². The van der Waals surface area contributed by atoms with Crippen molar-refractivity contribution in [2.75, 3.05) is 6.26 Å². The van der Waals surface area contributed by atoms with Crippen LogP contribution in [0.25, 0.3) is 0 Å². The van der Waals surface area contributed by atoms with E-state index in [0.717, 1.165) is 25.0 Å². The highest BCUT2D eigenvalue weighted by atomic mass is 32.2. The summed E-state index contributed by atoms with van der Waals surface area (Å²) in [5, 5.41) is 0. The Hall–Kier alpha value is -0.840. The molecule has 0 N–H and O–H groups in total. The fourth-order valence-corrected chi connectivity index (χ4v) is 1.87. The van der Waals surface area contributed by atoms with Crippen molar-refractivity contribution in [2.45, 2.75) is 30.0 Å². The maximum absolute atomic E-state index is 12.5. The predicted molar refractivity (Wildman–Crippen MR) is 56.9 cm³/mol. The molecule has 0 spiro atoms. The minimum Gasteiger partial charge on any atom is -0.489 e. The Bertz CT molecular complexity index is 385. The molecular weight excluding hydrogens is 237 g/mol. The van der Waals surface area contributed by atoms with Gasteiger partial charge in [0.2, 0.25) is 0 Å². The second-order valence-corrected chi connectivity index (χ2v) is 4.53. The maximum atomic E-state index is 12.5. The summed E-state index contributed by atoms with van der Waals surface area (Å²) in [7, 11) is 0. The Labute approximate surface area is 96.0 Å². The molecule has 5 heteroatoms. The molecule has 16 heavy (non-hydrogen) atoms. The zero-order chi connectivity index (χ0) is 11.8. The number of hydrogen-bond acceptors (Lipinski definition) is 2. The zero-order valence-corrected chi connectivity index (χ0v) is 9.49. The molecule has 1 nitrogen and oxygen atoms in total. The van der Waals surface area contributed by atoms with E-state index in [-0.39, 0.29) is 6.10 Å². The monoisotopic (exact) mass is 248 g/mol. The van der Waals surface area contributed by atoms with Crippen LogP contribution in [0.4, 0.5) is 13.2 Å². The molecule has 1 fully saturated rings. The van der Waals surface area contributed by atoms with E-state index in [0.29, 0.717) is 10.6 Å². The average Bonchev–Trinajstić information content (AvgIpc) is 3.00. The molecule has 0 aromatic heterocycles. The van der Waals surface area contributed by atoms with Crippen LogP contribution >= 0.6 is 11.8 Å². The van der Waals surface area contributed by atoms with Gasteiger partial charge in [-0.1, -0.05) is 0 Å². The average molecular weight is 248 g/mol. The lowest BCUT2D eigenvalue weighted by Crippen LogP contribution is -2.06. The molecule has 0 unspecified atom stereocenters. The Morgan fingerprint density at radius 2 is 2.00 bits per heavy atom. The first kappa shape index (κ1) is 11.6. The summed E-state index contributed by atoms with van der Waals surface area (Å²) in [6.45, 7) is 0. The van der Waals surface area contributed by atoms with Crippen LogP contribution in [0.5, 0.6) is 5.75 Å². The van der Waals surface area contributed by atoms with Crippen LogP contribution in [0.2, 0.25) is 0 Å². The molecule has 1 aliphatic rings. The number of thioether (sulfide) groups is 1. The molecule has 0 saturated heterocycles. The number of hydrogen-bond donors (Lipinski definition) is 0. The van der Waals surface area contributed by atoms with Crippen molar-refractivity contribution < 1.29 is 17.9 Å². The highest BCUT2D eigenvalue weighted by Crippen LogP contribution is 2.38. The summed E-state index contributed by atoms with van der Waals surface area (Å²) in [5.74, 6) is 0.558. The van der Waals surface area contributed by atoms with Crippen molar-refractivity contribution in [3.63, 3.8) is 0 Å². The minimum atomic E-state index is -4.29. The fourth-order valence-electron chi connectivity index (χ4n) is 1.31. The quantitative estimate of drug-likeness (QED) is 0.748. The van der Waals surface area contributed by atoms with Crippen LogP contribution in [0.15, 0.2) is 23.1 Å². The molecular formula is C11H11F3OS. The van der Waals surface area contributed by atoms with Crippen molar-refractivity contribution in [3.8, 4) is 5.75 Å². The van der Waals surface area contributed by atoms with E-state index >= 15 is 0 Å². The SMILES string of the molecule is CSc1cc(C(F)(F)F)ccc1OC1CC1. The van der Waals surface area contributed by atoms with Gasteiger partial charge in [0.25, 0.3) is 0 Å². The summed E-state index contributed by atoms with van der Waals surface area (Å²) in [4.78, 5) is 0.543. The van der Waals surface area contributed by atoms with Gasteiger partial charge in [-0.15, -0.1) is 11.8 Å². The van der Waals surface area contributed by atoms with Crippen molar-refractivity contribution >= 4 is 11.8 Å². The van der Waals surface area contributed by atoms with E-state index in [9.17, 15) is 13.2 Å². The molecule has 0 radical (unpaired) electrons. The van der Waals surface area contributed by atoms with E-state index in [1.165, 1.54) is 17.8 Å². The summed E-state index contributed by atoms with van der Waals surface area (Å²) in [5.41, 5.74) is -0.625. The predicted octanol–water partition coefficient (Wildman–Crippen LogP) is 3.97. The first-order valence-electron chi connectivity index (χ1n) is 4.92. The third kappa shape index (κ3) is 2.64. The molecule has 88 valence electrons. The van der Waals surface area contributed by atoms with Crippen molar-refractivity contribution in [1.82, 2.24) is 0 Å². The number of halogens is 3. The van der Waals surface area contributed by atoms with Gasteiger partial charge >= 0.3 is 6.18 Å². The largest absolute Gasteiger partial charge is 0.489 e. The molecule has 1 aromatic rings. The normalized spacial score (nSPS) is 16.2. The van der Waals surface area contributed by atoms with Crippen LogP contribution in [-0.4, -0.2) is 12.4 Å². The first-order chi connectivity index (χ1) is 7.50. The first-order valence-corrected chi connectivity index (χ1v) is 6.15. The van der Waals surface area contributed by atoms with Gasteiger partial charge in [0, 0.05) is 4.90 Å². The second kappa shape index (κ2) is 4.20. The van der Waals surface area contributed by atoms with Gasteiger partial charge in [-0.25, -0.2) is 0 Å². The molecule has 0 atom stereocenters. The lowest BCUT2D eigenvalue weighted by Gasteiger charge is -2.12. The Morgan fingerprint density at radius 1 is 1.31 bits per heavy atom. The third-order valence-electron chi connectivity index (χ3n) is 2.31. The van der Waals surface area contributed by atoms with Gasteiger partial charge in [-0.2, -0.15) is 13.2 Å². The van der Waals surface area contributed by atoms with Crippen molar-refractivity contribution in [1.29, 1.82) is 0 Å². The number of rotatable bonds is 3. The second-order valence-electron chi connectivity index (χ2n) is 3.68.